The highest BCUT2D eigenvalue weighted by Crippen LogP contribution is 2.62. The maximum absolute atomic E-state index is 6.26. The highest BCUT2D eigenvalue weighted by atomic mass is 16.5. The quantitative estimate of drug-likeness (QED) is 0.611. The lowest BCUT2D eigenvalue weighted by atomic mass is 9.71. The highest BCUT2D eigenvalue weighted by Gasteiger charge is 2.61. The highest BCUT2D eigenvalue weighted by molar-refractivity contribution is 5.20. The minimum atomic E-state index is 0.388. The van der Waals surface area contributed by atoms with Gasteiger partial charge in [0.2, 0.25) is 0 Å². The molecule has 90 valence electrons. The van der Waals surface area contributed by atoms with Crippen LogP contribution in [-0.2, 0) is 4.74 Å². The van der Waals surface area contributed by atoms with Gasteiger partial charge in [0.1, 0.15) is 0 Å². The molecule has 3 rings (SSSR count). The third-order valence-electron chi connectivity index (χ3n) is 5.60. The van der Waals surface area contributed by atoms with E-state index in [4.69, 9.17) is 4.74 Å². The predicted octanol–water partition coefficient (Wildman–Crippen LogP) is 3.79. The molecule has 1 heteroatoms. The van der Waals surface area contributed by atoms with Gasteiger partial charge >= 0.3 is 0 Å². The van der Waals surface area contributed by atoms with Crippen LogP contribution in [0, 0.1) is 23.2 Å². The largest absolute Gasteiger partial charge is 0.370 e. The third-order valence-corrected chi connectivity index (χ3v) is 5.60. The molecule has 3 aliphatic rings. The SMILES string of the molecule is C=C1CCC2OC1C1[C@H](C(C)C)CC[C@@]21C. The van der Waals surface area contributed by atoms with Crippen molar-refractivity contribution in [1.82, 2.24) is 0 Å². The summed E-state index contributed by atoms with van der Waals surface area (Å²) in [4.78, 5) is 0. The second-order valence-corrected chi connectivity index (χ2v) is 6.72. The fourth-order valence-electron chi connectivity index (χ4n) is 4.63. The molecule has 16 heavy (non-hydrogen) atoms. The van der Waals surface area contributed by atoms with Crippen molar-refractivity contribution in [3.8, 4) is 0 Å². The summed E-state index contributed by atoms with van der Waals surface area (Å²) in [7, 11) is 0. The fraction of sp³-hybridized carbons (Fsp3) is 0.867. The Balaban J connectivity index is 1.98. The normalized spacial score (nSPS) is 51.1. The molecule has 2 aliphatic heterocycles. The van der Waals surface area contributed by atoms with Gasteiger partial charge in [-0.25, -0.2) is 0 Å². The first-order valence-electron chi connectivity index (χ1n) is 6.87. The Bertz CT molecular complexity index is 319. The van der Waals surface area contributed by atoms with Gasteiger partial charge in [-0.05, 0) is 54.4 Å². The van der Waals surface area contributed by atoms with Gasteiger partial charge in [-0.3, -0.25) is 0 Å². The van der Waals surface area contributed by atoms with Crippen molar-refractivity contribution in [3.63, 3.8) is 0 Å². The summed E-state index contributed by atoms with van der Waals surface area (Å²) >= 11 is 0. The summed E-state index contributed by atoms with van der Waals surface area (Å²) in [6.07, 6.45) is 6.10. The van der Waals surface area contributed by atoms with Crippen molar-refractivity contribution >= 4 is 0 Å². The zero-order valence-corrected chi connectivity index (χ0v) is 10.8. The molecule has 0 aromatic carbocycles. The number of rotatable bonds is 1. The van der Waals surface area contributed by atoms with Crippen LogP contribution < -0.4 is 0 Å². The monoisotopic (exact) mass is 220 g/mol. The van der Waals surface area contributed by atoms with Gasteiger partial charge in [0.15, 0.2) is 0 Å². The Kier molecular flexibility index (Phi) is 2.27. The second kappa shape index (κ2) is 3.35. The summed E-state index contributed by atoms with van der Waals surface area (Å²) < 4.78 is 6.26. The van der Waals surface area contributed by atoms with Gasteiger partial charge in [-0.2, -0.15) is 0 Å². The molecule has 0 spiro atoms. The molecular weight excluding hydrogens is 196 g/mol. The first kappa shape index (κ1) is 10.8. The van der Waals surface area contributed by atoms with Crippen LogP contribution in [0.5, 0.6) is 0 Å². The van der Waals surface area contributed by atoms with E-state index >= 15 is 0 Å². The van der Waals surface area contributed by atoms with E-state index in [0.29, 0.717) is 17.6 Å². The van der Waals surface area contributed by atoms with Crippen molar-refractivity contribution in [2.75, 3.05) is 0 Å². The topological polar surface area (TPSA) is 9.23 Å². The molecule has 0 amide bonds. The van der Waals surface area contributed by atoms with Gasteiger partial charge in [0.25, 0.3) is 0 Å². The van der Waals surface area contributed by atoms with Crippen LogP contribution in [0.1, 0.15) is 46.5 Å². The maximum atomic E-state index is 6.26. The Morgan fingerprint density at radius 2 is 2.12 bits per heavy atom. The molecule has 1 aliphatic carbocycles. The fourth-order valence-corrected chi connectivity index (χ4v) is 4.63. The van der Waals surface area contributed by atoms with Crippen LogP contribution in [-0.4, -0.2) is 12.2 Å². The van der Waals surface area contributed by atoms with Gasteiger partial charge in [-0.15, -0.1) is 0 Å². The molecule has 2 saturated heterocycles. The molecule has 1 saturated carbocycles. The van der Waals surface area contributed by atoms with Gasteiger partial charge in [-0.1, -0.05) is 27.4 Å². The van der Waals surface area contributed by atoms with Gasteiger partial charge in [0, 0.05) is 0 Å². The molecule has 2 bridgehead atoms. The van der Waals surface area contributed by atoms with Crippen LogP contribution in [0.4, 0.5) is 0 Å². The van der Waals surface area contributed by atoms with E-state index in [1.54, 1.807) is 0 Å². The van der Waals surface area contributed by atoms with E-state index in [1.165, 1.54) is 31.3 Å². The lowest BCUT2D eigenvalue weighted by molar-refractivity contribution is -0.00298. The van der Waals surface area contributed by atoms with E-state index in [1.807, 2.05) is 0 Å². The van der Waals surface area contributed by atoms with Gasteiger partial charge < -0.3 is 4.74 Å². The molecule has 0 radical (unpaired) electrons. The first-order valence-corrected chi connectivity index (χ1v) is 6.87. The van der Waals surface area contributed by atoms with E-state index in [9.17, 15) is 0 Å². The van der Waals surface area contributed by atoms with Crippen molar-refractivity contribution in [3.05, 3.63) is 12.2 Å². The molecule has 3 unspecified atom stereocenters. The minimum Gasteiger partial charge on any atom is -0.370 e. The number of ether oxygens (including phenoxy) is 1. The van der Waals surface area contributed by atoms with Crippen molar-refractivity contribution < 1.29 is 4.74 Å². The Morgan fingerprint density at radius 1 is 1.38 bits per heavy atom. The summed E-state index contributed by atoms with van der Waals surface area (Å²) in [5.74, 6) is 2.41. The van der Waals surface area contributed by atoms with Crippen molar-refractivity contribution in [2.45, 2.75) is 58.7 Å². The lowest BCUT2D eigenvalue weighted by Crippen LogP contribution is -2.31. The van der Waals surface area contributed by atoms with Crippen molar-refractivity contribution in [2.24, 2.45) is 23.2 Å². The molecule has 0 aromatic heterocycles. The van der Waals surface area contributed by atoms with E-state index in [0.717, 1.165) is 17.8 Å². The zero-order chi connectivity index (χ0) is 11.5. The number of hydrogen-bond acceptors (Lipinski definition) is 1. The standard InChI is InChI=1S/C15H24O/c1-9(2)11-7-8-15(4)12-6-5-10(3)14(16-12)13(11)15/h9,11-14H,3,5-8H2,1-2,4H3/t11-,12?,13?,14?,15-/m0/s1. The molecule has 0 aromatic rings. The second-order valence-electron chi connectivity index (χ2n) is 6.72. The molecule has 5 atom stereocenters. The van der Waals surface area contributed by atoms with Crippen LogP contribution in [0.25, 0.3) is 0 Å². The van der Waals surface area contributed by atoms with Crippen LogP contribution >= 0.6 is 0 Å². The lowest BCUT2D eigenvalue weighted by Gasteiger charge is -2.31. The maximum Gasteiger partial charge on any atom is 0.0823 e. The van der Waals surface area contributed by atoms with Gasteiger partial charge in [0.05, 0.1) is 12.2 Å². The Morgan fingerprint density at radius 3 is 2.81 bits per heavy atom. The summed E-state index contributed by atoms with van der Waals surface area (Å²) in [5.41, 5.74) is 1.83. The molecule has 1 nitrogen and oxygen atoms in total. The molecule has 2 heterocycles. The Hall–Kier alpha value is -0.300. The van der Waals surface area contributed by atoms with Crippen molar-refractivity contribution in [1.29, 1.82) is 0 Å². The van der Waals surface area contributed by atoms with Crippen LogP contribution in [0.3, 0.4) is 0 Å². The number of fused-ring (bicyclic) bond motifs is 5. The molecule has 3 fully saturated rings. The average Bonchev–Trinajstić information content (AvgIpc) is 2.67. The van der Waals surface area contributed by atoms with Crippen LogP contribution in [0.15, 0.2) is 12.2 Å². The predicted molar refractivity (Wildman–Crippen MR) is 66.2 cm³/mol. The first-order chi connectivity index (χ1) is 7.54. The Labute approximate surface area is 99.3 Å². The smallest absolute Gasteiger partial charge is 0.0823 e. The molecule has 0 N–H and O–H groups in total. The molecular formula is C15H24O. The summed E-state index contributed by atoms with van der Waals surface area (Å²) in [5, 5.41) is 0. The summed E-state index contributed by atoms with van der Waals surface area (Å²) in [6, 6.07) is 0. The van der Waals surface area contributed by atoms with Crippen LogP contribution in [0.2, 0.25) is 0 Å². The van der Waals surface area contributed by atoms with E-state index in [-0.39, 0.29) is 0 Å². The minimum absolute atomic E-state index is 0.388. The number of hydrogen-bond donors (Lipinski definition) is 0. The zero-order valence-electron chi connectivity index (χ0n) is 10.8. The van der Waals surface area contributed by atoms with E-state index < -0.39 is 0 Å². The average molecular weight is 220 g/mol. The van der Waals surface area contributed by atoms with E-state index in [2.05, 4.69) is 27.4 Å². The third kappa shape index (κ3) is 1.21. The summed E-state index contributed by atoms with van der Waals surface area (Å²) in [6.45, 7) is 11.5.